The minimum Gasteiger partial charge on any atom is -0.383 e. The van der Waals surface area contributed by atoms with Gasteiger partial charge in [-0.05, 0) is 12.8 Å². The van der Waals surface area contributed by atoms with Crippen molar-refractivity contribution in [2.24, 2.45) is 0 Å². The minimum absolute atomic E-state index is 0.0519. The van der Waals surface area contributed by atoms with Gasteiger partial charge in [-0.3, -0.25) is 14.9 Å². The third kappa shape index (κ3) is 3.17. The fourth-order valence-electron chi connectivity index (χ4n) is 1.99. The summed E-state index contributed by atoms with van der Waals surface area (Å²) in [5, 5.41) is 5.67. The summed E-state index contributed by atoms with van der Waals surface area (Å²) in [6.45, 7) is 1.79. The quantitative estimate of drug-likeness (QED) is 0.628. The number of hydrogen-bond acceptors (Lipinski definition) is 4. The molecule has 6 nitrogen and oxygen atoms in total. The standard InChI is InChI=1S/C11H19N3O3/c1-17-5-4-14(8-2-3-8)11(16)9-6-13-10(15)7-12-9/h8-9,12H,2-7H2,1H3,(H,13,15). The number of piperazine rings is 1. The van der Waals surface area contributed by atoms with Gasteiger partial charge in [-0.15, -0.1) is 0 Å². The minimum atomic E-state index is -0.287. The Hall–Kier alpha value is -1.14. The first-order valence-corrected chi connectivity index (χ1v) is 6.02. The van der Waals surface area contributed by atoms with E-state index in [2.05, 4.69) is 10.6 Å². The lowest BCUT2D eigenvalue weighted by Crippen LogP contribution is -2.59. The molecule has 0 aromatic heterocycles. The Balaban J connectivity index is 1.88. The van der Waals surface area contributed by atoms with Crippen molar-refractivity contribution in [3.8, 4) is 0 Å². The normalized spacial score (nSPS) is 24.3. The first-order chi connectivity index (χ1) is 8.22. The summed E-state index contributed by atoms with van der Waals surface area (Å²) >= 11 is 0. The summed E-state index contributed by atoms with van der Waals surface area (Å²) in [6.07, 6.45) is 2.16. The highest BCUT2D eigenvalue weighted by molar-refractivity contribution is 5.87. The van der Waals surface area contributed by atoms with Crippen LogP contribution in [0.1, 0.15) is 12.8 Å². The summed E-state index contributed by atoms with van der Waals surface area (Å²) in [4.78, 5) is 25.1. The average molecular weight is 241 g/mol. The van der Waals surface area contributed by atoms with Gasteiger partial charge in [0.25, 0.3) is 0 Å². The van der Waals surface area contributed by atoms with Crippen molar-refractivity contribution in [2.45, 2.75) is 24.9 Å². The molecule has 0 aromatic rings. The van der Waals surface area contributed by atoms with E-state index in [1.165, 1.54) is 0 Å². The van der Waals surface area contributed by atoms with Crippen LogP contribution in [0, 0.1) is 0 Å². The molecule has 2 fully saturated rings. The number of methoxy groups -OCH3 is 1. The van der Waals surface area contributed by atoms with Crippen molar-refractivity contribution < 1.29 is 14.3 Å². The molecule has 1 heterocycles. The molecule has 6 heteroatoms. The zero-order valence-corrected chi connectivity index (χ0v) is 10.1. The topological polar surface area (TPSA) is 70.7 Å². The Kier molecular flexibility index (Phi) is 3.96. The molecule has 0 spiro atoms. The van der Waals surface area contributed by atoms with Crippen LogP contribution in [0.4, 0.5) is 0 Å². The Morgan fingerprint density at radius 3 is 2.82 bits per heavy atom. The van der Waals surface area contributed by atoms with E-state index in [4.69, 9.17) is 4.74 Å². The van der Waals surface area contributed by atoms with Crippen LogP contribution in [0.5, 0.6) is 0 Å². The second-order valence-electron chi connectivity index (χ2n) is 4.49. The Morgan fingerprint density at radius 2 is 2.29 bits per heavy atom. The first-order valence-electron chi connectivity index (χ1n) is 6.02. The largest absolute Gasteiger partial charge is 0.383 e. The molecular formula is C11H19N3O3. The molecule has 1 unspecified atom stereocenters. The van der Waals surface area contributed by atoms with Crippen LogP contribution in [-0.4, -0.2) is 62.1 Å². The first kappa shape index (κ1) is 12.3. The number of rotatable bonds is 5. The van der Waals surface area contributed by atoms with Crippen molar-refractivity contribution >= 4 is 11.8 Å². The van der Waals surface area contributed by atoms with E-state index in [0.29, 0.717) is 25.7 Å². The van der Waals surface area contributed by atoms with E-state index in [1.54, 1.807) is 7.11 Å². The lowest BCUT2D eigenvalue weighted by atomic mass is 10.2. The third-order valence-electron chi connectivity index (χ3n) is 3.12. The van der Waals surface area contributed by atoms with Crippen molar-refractivity contribution in [2.75, 3.05) is 33.4 Å². The van der Waals surface area contributed by atoms with Gasteiger partial charge in [-0.2, -0.15) is 0 Å². The van der Waals surface area contributed by atoms with Gasteiger partial charge in [-0.1, -0.05) is 0 Å². The molecule has 1 saturated heterocycles. The number of carbonyl (C=O) groups excluding carboxylic acids is 2. The van der Waals surface area contributed by atoms with Gasteiger partial charge in [0, 0.05) is 26.2 Å². The van der Waals surface area contributed by atoms with Crippen LogP contribution < -0.4 is 10.6 Å². The third-order valence-corrected chi connectivity index (χ3v) is 3.12. The number of nitrogens with zero attached hydrogens (tertiary/aromatic N) is 1. The van der Waals surface area contributed by atoms with Gasteiger partial charge in [0.1, 0.15) is 6.04 Å². The molecular weight excluding hydrogens is 222 g/mol. The average Bonchev–Trinajstić information content (AvgIpc) is 3.14. The maximum atomic E-state index is 12.2. The summed E-state index contributed by atoms with van der Waals surface area (Å²) in [7, 11) is 1.63. The highest BCUT2D eigenvalue weighted by atomic mass is 16.5. The van der Waals surface area contributed by atoms with E-state index in [0.717, 1.165) is 12.8 Å². The van der Waals surface area contributed by atoms with Crippen molar-refractivity contribution in [1.29, 1.82) is 0 Å². The highest BCUT2D eigenvalue weighted by Crippen LogP contribution is 2.27. The summed E-state index contributed by atoms with van der Waals surface area (Å²) in [5.74, 6) is 0.0217. The second kappa shape index (κ2) is 5.46. The molecule has 1 aliphatic heterocycles. The van der Waals surface area contributed by atoms with E-state index in [1.807, 2.05) is 4.90 Å². The molecule has 0 bridgehead atoms. The van der Waals surface area contributed by atoms with Crippen LogP contribution in [0.25, 0.3) is 0 Å². The lowest BCUT2D eigenvalue weighted by molar-refractivity contribution is -0.136. The number of ether oxygens (including phenoxy) is 1. The van der Waals surface area contributed by atoms with Gasteiger partial charge >= 0.3 is 0 Å². The van der Waals surface area contributed by atoms with Crippen molar-refractivity contribution in [1.82, 2.24) is 15.5 Å². The molecule has 2 N–H and O–H groups in total. The molecule has 2 aliphatic rings. The number of nitrogens with one attached hydrogen (secondary N) is 2. The maximum Gasteiger partial charge on any atom is 0.241 e. The van der Waals surface area contributed by atoms with Crippen molar-refractivity contribution in [3.05, 3.63) is 0 Å². The zero-order chi connectivity index (χ0) is 12.3. The Bertz CT molecular complexity index is 294. The predicted octanol–water partition coefficient (Wildman–Crippen LogP) is -1.29. The van der Waals surface area contributed by atoms with E-state index in [-0.39, 0.29) is 24.4 Å². The highest BCUT2D eigenvalue weighted by Gasteiger charge is 2.36. The molecule has 1 aliphatic carbocycles. The smallest absolute Gasteiger partial charge is 0.241 e. The molecule has 96 valence electrons. The molecule has 2 rings (SSSR count). The van der Waals surface area contributed by atoms with Crippen molar-refractivity contribution in [3.63, 3.8) is 0 Å². The fourth-order valence-corrected chi connectivity index (χ4v) is 1.99. The van der Waals surface area contributed by atoms with Crippen LogP contribution in [0.15, 0.2) is 0 Å². The fraction of sp³-hybridized carbons (Fsp3) is 0.818. The molecule has 1 atom stereocenters. The monoisotopic (exact) mass is 241 g/mol. The number of hydrogen-bond donors (Lipinski definition) is 2. The van der Waals surface area contributed by atoms with Gasteiger partial charge in [0.05, 0.1) is 13.2 Å². The summed E-state index contributed by atoms with van der Waals surface area (Å²) in [5.41, 5.74) is 0. The molecule has 0 aromatic carbocycles. The molecule has 17 heavy (non-hydrogen) atoms. The van der Waals surface area contributed by atoms with E-state index >= 15 is 0 Å². The second-order valence-corrected chi connectivity index (χ2v) is 4.49. The van der Waals surface area contributed by atoms with Gasteiger partial charge < -0.3 is 15.0 Å². The van der Waals surface area contributed by atoms with Gasteiger partial charge in [0.15, 0.2) is 0 Å². The molecule has 1 saturated carbocycles. The molecule has 2 amide bonds. The van der Waals surface area contributed by atoms with E-state index < -0.39 is 0 Å². The Labute approximate surface area is 101 Å². The van der Waals surface area contributed by atoms with Crippen LogP contribution in [0.3, 0.4) is 0 Å². The SMILES string of the molecule is COCCN(C(=O)C1CNC(=O)CN1)C1CC1. The predicted molar refractivity (Wildman–Crippen MR) is 61.4 cm³/mol. The number of amides is 2. The van der Waals surface area contributed by atoms with Crippen LogP contribution in [-0.2, 0) is 14.3 Å². The summed E-state index contributed by atoms with van der Waals surface area (Å²) < 4.78 is 5.02. The summed E-state index contributed by atoms with van der Waals surface area (Å²) in [6, 6.07) is 0.0854. The Morgan fingerprint density at radius 1 is 1.53 bits per heavy atom. The zero-order valence-electron chi connectivity index (χ0n) is 10.1. The number of carbonyl (C=O) groups is 2. The van der Waals surface area contributed by atoms with Crippen LogP contribution >= 0.6 is 0 Å². The van der Waals surface area contributed by atoms with Crippen LogP contribution in [0.2, 0.25) is 0 Å². The van der Waals surface area contributed by atoms with E-state index in [9.17, 15) is 9.59 Å². The maximum absolute atomic E-state index is 12.2. The van der Waals surface area contributed by atoms with Gasteiger partial charge in [-0.25, -0.2) is 0 Å². The van der Waals surface area contributed by atoms with Gasteiger partial charge in [0.2, 0.25) is 11.8 Å². The lowest BCUT2D eigenvalue weighted by Gasteiger charge is -2.30. The molecule has 0 radical (unpaired) electrons.